The Morgan fingerprint density at radius 3 is 2.72 bits per heavy atom. The van der Waals surface area contributed by atoms with E-state index in [1.54, 1.807) is 0 Å². The highest BCUT2D eigenvalue weighted by molar-refractivity contribution is 5.67. The minimum Gasteiger partial charge on any atom is -0.476 e. The highest BCUT2D eigenvalue weighted by Crippen LogP contribution is 2.29. The maximum atomic E-state index is 9.09. The van der Waals surface area contributed by atoms with Crippen LogP contribution in [0, 0.1) is 0 Å². The summed E-state index contributed by atoms with van der Waals surface area (Å²) in [5.41, 5.74) is 6.10. The van der Waals surface area contributed by atoms with Crippen molar-refractivity contribution >= 4 is 11.5 Å². The molecule has 102 valence electrons. The summed E-state index contributed by atoms with van der Waals surface area (Å²) in [6.45, 7) is 6.55. The zero-order chi connectivity index (χ0) is 13.6. The highest BCUT2D eigenvalue weighted by Gasteiger charge is 2.23. The van der Waals surface area contributed by atoms with Gasteiger partial charge in [0, 0.05) is 12.1 Å². The molecule has 1 aromatic heterocycles. The summed E-state index contributed by atoms with van der Waals surface area (Å²) in [6, 6.07) is 0. The van der Waals surface area contributed by atoms with Crippen molar-refractivity contribution in [3.05, 3.63) is 6.33 Å². The number of aliphatic hydroxyl groups is 1. The van der Waals surface area contributed by atoms with Crippen LogP contribution in [-0.4, -0.2) is 33.8 Å². The number of aromatic nitrogens is 2. The van der Waals surface area contributed by atoms with E-state index in [2.05, 4.69) is 15.3 Å². The van der Waals surface area contributed by atoms with E-state index in [-0.39, 0.29) is 12.1 Å². The van der Waals surface area contributed by atoms with Crippen molar-refractivity contribution in [2.75, 3.05) is 24.3 Å². The molecular formula is C12H22N4O2. The Kier molecular flexibility index (Phi) is 5.15. The van der Waals surface area contributed by atoms with Crippen LogP contribution in [0.15, 0.2) is 6.33 Å². The lowest BCUT2D eigenvalue weighted by atomic mass is 9.95. The minimum atomic E-state index is -0.249. The van der Waals surface area contributed by atoms with Crippen LogP contribution in [0.1, 0.15) is 33.6 Å². The van der Waals surface area contributed by atoms with Gasteiger partial charge in [-0.2, -0.15) is 4.98 Å². The Morgan fingerprint density at radius 2 is 2.17 bits per heavy atom. The normalized spacial score (nSPS) is 14.0. The van der Waals surface area contributed by atoms with Gasteiger partial charge in [-0.15, -0.1) is 0 Å². The van der Waals surface area contributed by atoms with Gasteiger partial charge in [0.05, 0.1) is 6.61 Å². The van der Waals surface area contributed by atoms with E-state index in [9.17, 15) is 0 Å². The first-order chi connectivity index (χ1) is 8.56. The molecule has 0 fully saturated rings. The largest absolute Gasteiger partial charge is 0.476 e. The molecule has 1 unspecified atom stereocenters. The quantitative estimate of drug-likeness (QED) is 0.681. The number of ether oxygens (including phenoxy) is 1. The molecule has 0 bridgehead atoms. The monoisotopic (exact) mass is 254 g/mol. The first-order valence-corrected chi connectivity index (χ1v) is 6.18. The number of rotatable bonds is 7. The predicted molar refractivity (Wildman–Crippen MR) is 71.6 cm³/mol. The fraction of sp³-hybridized carbons (Fsp3) is 0.667. The Hall–Kier alpha value is -1.56. The van der Waals surface area contributed by atoms with Gasteiger partial charge in [0.15, 0.2) is 5.82 Å². The third-order valence-corrected chi connectivity index (χ3v) is 2.99. The molecule has 6 heteroatoms. The number of nitrogens with two attached hydrogens (primary N) is 1. The summed E-state index contributed by atoms with van der Waals surface area (Å²) in [7, 11) is 0. The summed E-state index contributed by atoms with van der Waals surface area (Å²) >= 11 is 0. The van der Waals surface area contributed by atoms with Gasteiger partial charge in [-0.05, 0) is 26.7 Å². The lowest BCUT2D eigenvalue weighted by Crippen LogP contribution is -2.35. The third kappa shape index (κ3) is 3.46. The van der Waals surface area contributed by atoms with Crippen LogP contribution in [-0.2, 0) is 0 Å². The molecule has 0 amide bonds. The Morgan fingerprint density at radius 1 is 1.44 bits per heavy atom. The average molecular weight is 254 g/mol. The molecule has 1 rings (SSSR count). The molecule has 0 saturated heterocycles. The van der Waals surface area contributed by atoms with Gasteiger partial charge in [-0.3, -0.25) is 0 Å². The zero-order valence-corrected chi connectivity index (χ0v) is 11.2. The molecule has 0 saturated carbocycles. The molecule has 6 nitrogen and oxygen atoms in total. The van der Waals surface area contributed by atoms with Gasteiger partial charge < -0.3 is 20.9 Å². The van der Waals surface area contributed by atoms with Gasteiger partial charge >= 0.3 is 0 Å². The van der Waals surface area contributed by atoms with E-state index < -0.39 is 0 Å². The number of aliphatic hydroxyl groups excluding tert-OH is 1. The summed E-state index contributed by atoms with van der Waals surface area (Å²) in [5.74, 6) is 0.934. The van der Waals surface area contributed by atoms with Crippen LogP contribution >= 0.6 is 0 Å². The number of hydrogen-bond donors (Lipinski definition) is 3. The molecule has 0 spiro atoms. The van der Waals surface area contributed by atoms with Crippen molar-refractivity contribution in [1.29, 1.82) is 0 Å². The number of nitrogen functional groups attached to an aromatic ring is 1. The van der Waals surface area contributed by atoms with Crippen molar-refractivity contribution in [3.63, 3.8) is 0 Å². The van der Waals surface area contributed by atoms with Crippen LogP contribution in [0.2, 0.25) is 0 Å². The molecule has 18 heavy (non-hydrogen) atoms. The van der Waals surface area contributed by atoms with Crippen LogP contribution in [0.5, 0.6) is 5.88 Å². The van der Waals surface area contributed by atoms with E-state index in [1.807, 2.05) is 20.8 Å². The number of anilines is 2. The molecular weight excluding hydrogens is 232 g/mol. The maximum absolute atomic E-state index is 9.09. The molecule has 0 aromatic carbocycles. The van der Waals surface area contributed by atoms with Crippen LogP contribution in [0.3, 0.4) is 0 Å². The zero-order valence-electron chi connectivity index (χ0n) is 11.2. The van der Waals surface area contributed by atoms with Gasteiger partial charge in [0.2, 0.25) is 5.88 Å². The summed E-state index contributed by atoms with van der Waals surface area (Å²) < 4.78 is 5.32. The summed E-state index contributed by atoms with van der Waals surface area (Å²) in [4.78, 5) is 8.11. The van der Waals surface area contributed by atoms with Crippen molar-refractivity contribution in [1.82, 2.24) is 9.97 Å². The van der Waals surface area contributed by atoms with Crippen molar-refractivity contribution < 1.29 is 9.84 Å². The third-order valence-electron chi connectivity index (χ3n) is 2.99. The Labute approximate surface area is 108 Å². The lowest BCUT2D eigenvalue weighted by molar-refractivity contribution is 0.251. The van der Waals surface area contributed by atoms with Crippen molar-refractivity contribution in [3.8, 4) is 5.88 Å². The molecule has 0 aliphatic rings. The minimum absolute atomic E-state index is 0.112. The van der Waals surface area contributed by atoms with Crippen molar-refractivity contribution in [2.24, 2.45) is 0 Å². The second-order valence-corrected chi connectivity index (χ2v) is 4.39. The summed E-state index contributed by atoms with van der Waals surface area (Å²) in [5, 5.41) is 12.3. The first kappa shape index (κ1) is 14.5. The molecule has 0 radical (unpaired) electrons. The number of hydrogen-bond acceptors (Lipinski definition) is 6. The van der Waals surface area contributed by atoms with Crippen LogP contribution in [0.4, 0.5) is 11.5 Å². The lowest BCUT2D eigenvalue weighted by Gasteiger charge is -2.30. The smallest absolute Gasteiger partial charge is 0.242 e. The molecule has 1 atom stereocenters. The van der Waals surface area contributed by atoms with Gasteiger partial charge in [-0.25, -0.2) is 4.98 Å². The molecule has 0 aliphatic heterocycles. The van der Waals surface area contributed by atoms with Gasteiger partial charge in [0.25, 0.3) is 0 Å². The SMILES string of the molecule is CCOc1ncnc(NC(C)(CC)CCO)c1N. The number of nitrogens with zero attached hydrogens (tertiary/aromatic N) is 2. The molecule has 1 heterocycles. The Balaban J connectivity index is 2.92. The van der Waals surface area contributed by atoms with E-state index in [1.165, 1.54) is 6.33 Å². The fourth-order valence-electron chi connectivity index (χ4n) is 1.59. The van der Waals surface area contributed by atoms with Crippen molar-refractivity contribution in [2.45, 2.75) is 39.2 Å². The highest BCUT2D eigenvalue weighted by atomic mass is 16.5. The van der Waals surface area contributed by atoms with E-state index in [0.29, 0.717) is 30.4 Å². The number of nitrogens with one attached hydrogen (secondary N) is 1. The van der Waals surface area contributed by atoms with Crippen LogP contribution < -0.4 is 15.8 Å². The molecule has 0 aliphatic carbocycles. The average Bonchev–Trinajstić information content (AvgIpc) is 2.35. The molecule has 4 N–H and O–H groups in total. The predicted octanol–water partition coefficient (Wildman–Crippen LogP) is 1.42. The topological polar surface area (TPSA) is 93.3 Å². The Bertz CT molecular complexity index is 386. The van der Waals surface area contributed by atoms with Crippen LogP contribution in [0.25, 0.3) is 0 Å². The second kappa shape index (κ2) is 6.39. The maximum Gasteiger partial charge on any atom is 0.242 e. The van der Waals surface area contributed by atoms with E-state index >= 15 is 0 Å². The molecule has 1 aromatic rings. The summed E-state index contributed by atoms with van der Waals surface area (Å²) in [6.07, 6.45) is 2.89. The fourth-order valence-corrected chi connectivity index (χ4v) is 1.59. The van der Waals surface area contributed by atoms with Gasteiger partial charge in [0.1, 0.15) is 12.0 Å². The van der Waals surface area contributed by atoms with E-state index in [4.69, 9.17) is 15.6 Å². The standard InChI is InChI=1S/C12H22N4O2/c1-4-12(3,6-7-17)16-10-9(13)11(18-5-2)15-8-14-10/h8,17H,4-7,13H2,1-3H3,(H,14,15,16). The van der Waals surface area contributed by atoms with E-state index in [0.717, 1.165) is 6.42 Å². The second-order valence-electron chi connectivity index (χ2n) is 4.39. The first-order valence-electron chi connectivity index (χ1n) is 6.18. The van der Waals surface area contributed by atoms with Gasteiger partial charge in [-0.1, -0.05) is 6.92 Å².